The molecule has 1 aromatic heterocycles. The van der Waals surface area contributed by atoms with E-state index in [9.17, 15) is 19.5 Å². The van der Waals surface area contributed by atoms with Crippen LogP contribution >= 0.6 is 0 Å². The fraction of sp³-hybridized carbons (Fsp3) is 0.561. The maximum atomic E-state index is 13.8. The van der Waals surface area contributed by atoms with E-state index in [4.69, 9.17) is 0 Å². The summed E-state index contributed by atoms with van der Waals surface area (Å²) in [5.41, 5.74) is 2.71. The van der Waals surface area contributed by atoms with Gasteiger partial charge in [0.2, 0.25) is 5.91 Å². The number of carbonyl (C=O) groups excluding carboxylic acids is 3. The Morgan fingerprint density at radius 2 is 1.60 bits per heavy atom. The molecule has 52 heavy (non-hydrogen) atoms. The lowest BCUT2D eigenvalue weighted by molar-refractivity contribution is -0.136. The van der Waals surface area contributed by atoms with Gasteiger partial charge < -0.3 is 25.4 Å². The van der Waals surface area contributed by atoms with Crippen LogP contribution in [-0.2, 0) is 29.1 Å². The molecule has 1 aliphatic heterocycles. The summed E-state index contributed by atoms with van der Waals surface area (Å²) in [6, 6.07) is 19.7. The van der Waals surface area contributed by atoms with Gasteiger partial charge in [0, 0.05) is 58.1 Å². The van der Waals surface area contributed by atoms with E-state index in [1.54, 1.807) is 16.9 Å². The minimum Gasteiger partial charge on any atom is -0.379 e. The first-order valence-electron chi connectivity index (χ1n) is 19.3. The molecule has 4 N–H and O–H groups in total. The van der Waals surface area contributed by atoms with Crippen LogP contribution in [0.25, 0.3) is 0 Å². The molecule has 0 spiro atoms. The highest BCUT2D eigenvalue weighted by Crippen LogP contribution is 2.31. The van der Waals surface area contributed by atoms with E-state index in [1.165, 1.54) is 5.56 Å². The molecule has 5 rings (SSSR count). The van der Waals surface area contributed by atoms with Crippen molar-refractivity contribution in [3.8, 4) is 0 Å². The lowest BCUT2D eigenvalue weighted by atomic mass is 9.79. The minimum absolute atomic E-state index is 0.0137. The number of rotatable bonds is 17. The number of carbonyl (C=O) groups is 3. The predicted molar refractivity (Wildman–Crippen MR) is 203 cm³/mol. The van der Waals surface area contributed by atoms with E-state index < -0.39 is 17.8 Å². The average molecular weight is 714 g/mol. The molecule has 2 aromatic carbocycles. The zero-order valence-corrected chi connectivity index (χ0v) is 31.3. The van der Waals surface area contributed by atoms with Gasteiger partial charge in [-0.15, -0.1) is 0 Å². The number of nitrogens with zero attached hydrogens (tertiary/aromatic N) is 4. The summed E-state index contributed by atoms with van der Waals surface area (Å²) >= 11 is 0. The van der Waals surface area contributed by atoms with Crippen molar-refractivity contribution in [3.63, 3.8) is 0 Å². The van der Waals surface area contributed by atoms with Crippen LogP contribution in [0.15, 0.2) is 66.9 Å². The molecule has 0 radical (unpaired) electrons. The van der Waals surface area contributed by atoms with Crippen LogP contribution in [0, 0.1) is 5.92 Å². The van der Waals surface area contributed by atoms with Crippen LogP contribution in [0.4, 0.5) is 0 Å². The molecule has 11 nitrogen and oxygen atoms in total. The second-order valence-corrected chi connectivity index (χ2v) is 14.9. The number of hydrogen-bond acceptors (Lipinski definition) is 8. The maximum Gasteiger partial charge on any atom is 0.270 e. The summed E-state index contributed by atoms with van der Waals surface area (Å²) in [6.07, 6.45) is 8.92. The summed E-state index contributed by atoms with van der Waals surface area (Å²) in [5, 5.41) is 24.6. The molecular formula is C41H59N7O4. The number of aldehydes is 1. The van der Waals surface area contributed by atoms with Crippen molar-refractivity contribution in [1.29, 1.82) is 0 Å². The van der Waals surface area contributed by atoms with Crippen LogP contribution in [0.3, 0.4) is 0 Å². The largest absolute Gasteiger partial charge is 0.379 e. The average Bonchev–Trinajstić information content (AvgIpc) is 3.51. The normalized spacial score (nSPS) is 18.4. The molecule has 282 valence electrons. The molecule has 1 saturated carbocycles. The zero-order valence-electron chi connectivity index (χ0n) is 31.3. The highest BCUT2D eigenvalue weighted by molar-refractivity contribution is 5.95. The van der Waals surface area contributed by atoms with E-state index in [0.717, 1.165) is 75.6 Å². The maximum absolute atomic E-state index is 13.8. The summed E-state index contributed by atoms with van der Waals surface area (Å²) in [4.78, 5) is 44.6. The highest BCUT2D eigenvalue weighted by atomic mass is 16.3. The number of nitrogens with one attached hydrogen (secondary N) is 3. The summed E-state index contributed by atoms with van der Waals surface area (Å²) in [6.45, 7) is 10.5. The van der Waals surface area contributed by atoms with Crippen molar-refractivity contribution >= 4 is 18.1 Å². The Morgan fingerprint density at radius 3 is 2.23 bits per heavy atom. The third-order valence-electron chi connectivity index (χ3n) is 10.8. The lowest BCUT2D eigenvalue weighted by Gasteiger charge is -2.37. The van der Waals surface area contributed by atoms with Gasteiger partial charge >= 0.3 is 0 Å². The fourth-order valence-electron chi connectivity index (χ4n) is 7.63. The molecule has 1 aliphatic carbocycles. The van der Waals surface area contributed by atoms with Gasteiger partial charge in [0.05, 0.1) is 6.04 Å². The van der Waals surface area contributed by atoms with Crippen LogP contribution in [0.5, 0.6) is 0 Å². The number of amides is 2. The molecule has 3 atom stereocenters. The Balaban J connectivity index is 1.20. The third kappa shape index (κ3) is 10.6. The molecule has 3 aromatic rings. The van der Waals surface area contributed by atoms with Crippen molar-refractivity contribution in [1.82, 2.24) is 35.5 Å². The SMILES string of the molecule is CCC(O)N[C@H](Cc1ccc(CNC[C@](C=O)(NC(=O)c2ccnn2C(C)C)C2CCCCCC2)cc1)C(=O)N1CCN(Cc2ccccc2)CC1. The van der Waals surface area contributed by atoms with Gasteiger partial charge in [-0.1, -0.05) is 87.2 Å². The van der Waals surface area contributed by atoms with E-state index >= 15 is 0 Å². The smallest absolute Gasteiger partial charge is 0.270 e. The molecular weight excluding hydrogens is 654 g/mol. The van der Waals surface area contributed by atoms with Crippen LogP contribution in [0.1, 0.15) is 98.9 Å². The summed E-state index contributed by atoms with van der Waals surface area (Å²) in [7, 11) is 0. The Morgan fingerprint density at radius 1 is 0.923 bits per heavy atom. The number of piperazine rings is 1. The van der Waals surface area contributed by atoms with Gasteiger partial charge in [0.1, 0.15) is 23.7 Å². The van der Waals surface area contributed by atoms with Crippen LogP contribution < -0.4 is 16.0 Å². The minimum atomic E-state index is -1.04. The molecule has 11 heteroatoms. The number of hydrogen-bond donors (Lipinski definition) is 4. The van der Waals surface area contributed by atoms with Gasteiger partial charge in [-0.25, -0.2) is 0 Å². The topological polar surface area (TPSA) is 132 Å². The van der Waals surface area contributed by atoms with E-state index in [-0.39, 0.29) is 23.8 Å². The quantitative estimate of drug-likeness (QED) is 0.0917. The molecule has 2 aliphatic rings. The van der Waals surface area contributed by atoms with E-state index in [1.807, 2.05) is 56.0 Å². The van der Waals surface area contributed by atoms with Crippen molar-refractivity contribution in [2.24, 2.45) is 5.92 Å². The lowest BCUT2D eigenvalue weighted by Crippen LogP contribution is -2.61. The first-order valence-corrected chi connectivity index (χ1v) is 19.3. The van der Waals surface area contributed by atoms with Gasteiger partial charge in [0.15, 0.2) is 0 Å². The molecule has 1 saturated heterocycles. The first kappa shape index (κ1) is 39.3. The Bertz CT molecular complexity index is 1550. The molecule has 2 fully saturated rings. The Kier molecular flexibility index (Phi) is 14.6. The Labute approximate surface area is 309 Å². The first-order chi connectivity index (χ1) is 25.2. The zero-order chi connectivity index (χ0) is 36.9. The summed E-state index contributed by atoms with van der Waals surface area (Å²) < 4.78 is 1.69. The molecule has 2 amide bonds. The van der Waals surface area contributed by atoms with E-state index in [0.29, 0.717) is 44.7 Å². The molecule has 2 heterocycles. The highest BCUT2D eigenvalue weighted by Gasteiger charge is 2.40. The number of benzene rings is 2. The molecule has 1 unspecified atom stereocenters. The van der Waals surface area contributed by atoms with Crippen molar-refractivity contribution in [2.45, 2.75) is 109 Å². The van der Waals surface area contributed by atoms with Crippen molar-refractivity contribution in [2.75, 3.05) is 32.7 Å². The van der Waals surface area contributed by atoms with Crippen LogP contribution in [0.2, 0.25) is 0 Å². The van der Waals surface area contributed by atoms with Gasteiger partial charge in [0.25, 0.3) is 5.91 Å². The van der Waals surface area contributed by atoms with Gasteiger partial charge in [-0.2, -0.15) is 5.10 Å². The van der Waals surface area contributed by atoms with Crippen LogP contribution in [-0.4, -0.2) is 93.3 Å². The third-order valence-corrected chi connectivity index (χ3v) is 10.8. The van der Waals surface area contributed by atoms with Crippen molar-refractivity contribution < 1.29 is 19.5 Å². The van der Waals surface area contributed by atoms with Gasteiger partial charge in [-0.3, -0.25) is 24.5 Å². The second kappa shape index (κ2) is 19.3. The fourth-order valence-corrected chi connectivity index (χ4v) is 7.63. The molecule has 0 bridgehead atoms. The Hall–Kier alpha value is -3.90. The van der Waals surface area contributed by atoms with Crippen molar-refractivity contribution in [3.05, 3.63) is 89.2 Å². The van der Waals surface area contributed by atoms with E-state index in [2.05, 4.69) is 50.2 Å². The number of aliphatic hydroxyl groups excluding tert-OH is 1. The summed E-state index contributed by atoms with van der Waals surface area (Å²) in [5.74, 6) is -0.234. The second-order valence-electron chi connectivity index (χ2n) is 14.9. The number of aromatic nitrogens is 2. The standard InChI is InChI=1S/C41H59N7O4/c1-4-38(50)44-36(40(52)47-24-22-46(23-25-47)28-34-12-8-7-9-13-34)26-32-16-18-33(19-17-32)27-42-29-41(30-49,35-14-10-5-6-11-15-35)45-39(51)37-20-21-43-48(37)31(2)3/h7-9,12-13,16-21,30-31,35-36,38,42,44,50H,4-6,10-11,14-15,22-29H2,1-3H3,(H,45,51)/t36-,38?,41-/m1/s1. The van der Waals surface area contributed by atoms with Gasteiger partial charge in [-0.05, 0) is 68.2 Å². The number of aliphatic hydroxyl groups is 1. The predicted octanol–water partition coefficient (Wildman–Crippen LogP) is 4.47. The monoisotopic (exact) mass is 713 g/mol.